The van der Waals surface area contributed by atoms with E-state index in [0.717, 1.165) is 6.54 Å². The summed E-state index contributed by atoms with van der Waals surface area (Å²) in [4.78, 5) is 4.84. The Hall–Kier alpha value is -5.86. The molecule has 0 atom stereocenters. The highest BCUT2D eigenvalue weighted by molar-refractivity contribution is 5.88. The van der Waals surface area contributed by atoms with E-state index in [4.69, 9.17) is 0 Å². The first-order valence-corrected chi connectivity index (χ1v) is 17.3. The van der Waals surface area contributed by atoms with Crippen LogP contribution in [0.1, 0.15) is 20.8 Å². The lowest BCUT2D eigenvalue weighted by atomic mass is 9.96. The summed E-state index contributed by atoms with van der Waals surface area (Å²) in [5.74, 6) is 0. The molecule has 0 amide bonds. The van der Waals surface area contributed by atoms with Crippen LogP contribution in [0.25, 0.3) is 44.5 Å². The zero-order valence-corrected chi connectivity index (χ0v) is 28.5. The molecule has 7 rings (SSSR count). The average molecular weight is 635 g/mol. The molecule has 0 aromatic heterocycles. The van der Waals surface area contributed by atoms with Crippen molar-refractivity contribution in [2.45, 2.75) is 26.8 Å². The van der Waals surface area contributed by atoms with Crippen molar-refractivity contribution in [3.63, 3.8) is 0 Å². The molecule has 0 aliphatic heterocycles. The van der Waals surface area contributed by atoms with Crippen molar-refractivity contribution in [3.8, 4) is 44.5 Å². The number of hydrogen-bond donors (Lipinski definition) is 0. The predicted octanol–water partition coefficient (Wildman–Crippen LogP) is 13.1. The van der Waals surface area contributed by atoms with Crippen LogP contribution in [0.15, 0.2) is 182 Å². The van der Waals surface area contributed by atoms with E-state index in [9.17, 15) is 0 Å². The minimum Gasteiger partial charge on any atom is -0.341 e. The molecule has 0 aliphatic rings. The normalized spacial score (nSPS) is 11.0. The molecule has 0 spiro atoms. The lowest BCUT2D eigenvalue weighted by Gasteiger charge is -2.31. The molecule has 0 radical (unpaired) electrons. The highest BCUT2D eigenvalue weighted by atomic mass is 15.2. The number of para-hydroxylation sites is 2. The zero-order chi connectivity index (χ0) is 33.6. The molecule has 0 N–H and O–H groups in total. The minimum atomic E-state index is 0.309. The standard InChI is InChI=1S/C47H42N2/c1-4-48(46-32-31-41(36-17-8-5-9-18-36)34-45(46)38-19-10-6-11-20-38)43-24-16-21-40(33-43)37-27-29-39(30-28-37)44-25-14-15-26-47(44)49(35(2)3)42-22-12-7-13-23-42/h5-35H,4H2,1-3H3. The quantitative estimate of drug-likeness (QED) is 0.148. The van der Waals surface area contributed by atoms with Crippen molar-refractivity contribution in [2.24, 2.45) is 0 Å². The van der Waals surface area contributed by atoms with Crippen molar-refractivity contribution in [1.29, 1.82) is 0 Å². The Kier molecular flexibility index (Phi) is 9.39. The maximum absolute atomic E-state index is 2.43. The maximum atomic E-state index is 2.43. The summed E-state index contributed by atoms with van der Waals surface area (Å²) < 4.78 is 0. The highest BCUT2D eigenvalue weighted by Crippen LogP contribution is 2.40. The Morgan fingerprint density at radius 1 is 0.388 bits per heavy atom. The second kappa shape index (κ2) is 14.5. The first-order chi connectivity index (χ1) is 24.1. The van der Waals surface area contributed by atoms with Gasteiger partial charge < -0.3 is 9.80 Å². The van der Waals surface area contributed by atoms with Crippen LogP contribution in [0.2, 0.25) is 0 Å². The van der Waals surface area contributed by atoms with Gasteiger partial charge in [-0.05, 0) is 96.6 Å². The van der Waals surface area contributed by atoms with Gasteiger partial charge in [0.15, 0.2) is 0 Å². The molecule has 0 unspecified atom stereocenters. The fourth-order valence-corrected chi connectivity index (χ4v) is 6.85. The molecule has 0 fully saturated rings. The molecule has 49 heavy (non-hydrogen) atoms. The molecular formula is C47H42N2. The summed E-state index contributed by atoms with van der Waals surface area (Å²) >= 11 is 0. The first kappa shape index (κ1) is 31.7. The third-order valence-electron chi connectivity index (χ3n) is 9.20. The molecule has 0 saturated heterocycles. The SMILES string of the molecule is CCN(c1cccc(-c2ccc(-c3ccccc3N(c3ccccc3)C(C)C)cc2)c1)c1ccc(-c2ccccc2)cc1-c1ccccc1. The number of benzene rings is 7. The number of anilines is 4. The van der Waals surface area contributed by atoms with E-state index in [0.29, 0.717) is 6.04 Å². The Balaban J connectivity index is 1.23. The Morgan fingerprint density at radius 2 is 0.878 bits per heavy atom. The summed E-state index contributed by atoms with van der Waals surface area (Å²) in [5, 5.41) is 0. The highest BCUT2D eigenvalue weighted by Gasteiger charge is 2.18. The van der Waals surface area contributed by atoms with Crippen LogP contribution in [0.5, 0.6) is 0 Å². The van der Waals surface area contributed by atoms with Crippen LogP contribution < -0.4 is 9.80 Å². The third kappa shape index (κ3) is 6.77. The van der Waals surface area contributed by atoms with Crippen molar-refractivity contribution < 1.29 is 0 Å². The minimum absolute atomic E-state index is 0.309. The van der Waals surface area contributed by atoms with E-state index in [1.807, 2.05) is 0 Å². The molecule has 240 valence electrons. The van der Waals surface area contributed by atoms with Gasteiger partial charge in [0.1, 0.15) is 0 Å². The number of rotatable bonds is 10. The van der Waals surface area contributed by atoms with Gasteiger partial charge >= 0.3 is 0 Å². The van der Waals surface area contributed by atoms with Crippen LogP contribution >= 0.6 is 0 Å². The molecule has 0 saturated carbocycles. The van der Waals surface area contributed by atoms with Crippen molar-refractivity contribution in [2.75, 3.05) is 16.3 Å². The second-order valence-electron chi connectivity index (χ2n) is 12.7. The maximum Gasteiger partial charge on any atom is 0.0492 e. The Morgan fingerprint density at radius 3 is 1.55 bits per heavy atom. The van der Waals surface area contributed by atoms with Crippen LogP contribution in [0.3, 0.4) is 0 Å². The van der Waals surface area contributed by atoms with Crippen molar-refractivity contribution in [3.05, 3.63) is 182 Å². The van der Waals surface area contributed by atoms with Gasteiger partial charge in [-0.1, -0.05) is 140 Å². The van der Waals surface area contributed by atoms with Crippen LogP contribution in [0.4, 0.5) is 22.7 Å². The number of hydrogen-bond acceptors (Lipinski definition) is 2. The fourth-order valence-electron chi connectivity index (χ4n) is 6.85. The molecule has 7 aromatic rings. The smallest absolute Gasteiger partial charge is 0.0492 e. The van der Waals surface area contributed by atoms with E-state index < -0.39 is 0 Å². The van der Waals surface area contributed by atoms with E-state index >= 15 is 0 Å². The molecule has 0 bridgehead atoms. The van der Waals surface area contributed by atoms with E-state index in [2.05, 4.69) is 213 Å². The molecule has 2 nitrogen and oxygen atoms in total. The Bertz CT molecular complexity index is 2120. The average Bonchev–Trinajstić information content (AvgIpc) is 3.17. The number of nitrogens with zero attached hydrogens (tertiary/aromatic N) is 2. The van der Waals surface area contributed by atoms with Gasteiger partial charge in [-0.2, -0.15) is 0 Å². The molecule has 2 heteroatoms. The summed E-state index contributed by atoms with van der Waals surface area (Å²) in [7, 11) is 0. The van der Waals surface area contributed by atoms with E-state index in [-0.39, 0.29) is 0 Å². The molecule has 7 aromatic carbocycles. The van der Waals surface area contributed by atoms with Crippen LogP contribution in [-0.2, 0) is 0 Å². The van der Waals surface area contributed by atoms with Gasteiger partial charge in [0.05, 0.1) is 0 Å². The van der Waals surface area contributed by atoms with Gasteiger partial charge in [0, 0.05) is 46.5 Å². The largest absolute Gasteiger partial charge is 0.341 e. The van der Waals surface area contributed by atoms with Crippen molar-refractivity contribution >= 4 is 22.7 Å². The monoisotopic (exact) mass is 634 g/mol. The third-order valence-corrected chi connectivity index (χ3v) is 9.20. The first-order valence-electron chi connectivity index (χ1n) is 17.3. The van der Waals surface area contributed by atoms with Gasteiger partial charge in [-0.3, -0.25) is 0 Å². The lowest BCUT2D eigenvalue weighted by Crippen LogP contribution is -2.25. The molecular weight excluding hydrogens is 593 g/mol. The lowest BCUT2D eigenvalue weighted by molar-refractivity contribution is 0.789. The Labute approximate surface area is 291 Å². The summed E-state index contributed by atoms with van der Waals surface area (Å²) in [6.45, 7) is 7.58. The van der Waals surface area contributed by atoms with Gasteiger partial charge in [0.2, 0.25) is 0 Å². The van der Waals surface area contributed by atoms with Gasteiger partial charge in [0.25, 0.3) is 0 Å². The molecule has 0 heterocycles. The molecule has 0 aliphatic carbocycles. The van der Waals surface area contributed by atoms with Crippen LogP contribution in [-0.4, -0.2) is 12.6 Å². The topological polar surface area (TPSA) is 6.48 Å². The van der Waals surface area contributed by atoms with Crippen molar-refractivity contribution in [1.82, 2.24) is 0 Å². The summed E-state index contributed by atoms with van der Waals surface area (Å²) in [6, 6.07) is 65.9. The van der Waals surface area contributed by atoms with E-state index in [1.165, 1.54) is 67.3 Å². The van der Waals surface area contributed by atoms with Gasteiger partial charge in [-0.15, -0.1) is 0 Å². The summed E-state index contributed by atoms with van der Waals surface area (Å²) in [6.07, 6.45) is 0. The van der Waals surface area contributed by atoms with E-state index in [1.54, 1.807) is 0 Å². The second-order valence-corrected chi connectivity index (χ2v) is 12.7. The zero-order valence-electron chi connectivity index (χ0n) is 28.5. The van der Waals surface area contributed by atoms with Gasteiger partial charge in [-0.25, -0.2) is 0 Å². The summed E-state index contributed by atoms with van der Waals surface area (Å²) in [5.41, 5.74) is 14.5. The predicted molar refractivity (Wildman–Crippen MR) is 211 cm³/mol. The fraction of sp³-hybridized carbons (Fsp3) is 0.106. The van der Waals surface area contributed by atoms with Crippen LogP contribution in [0, 0.1) is 0 Å².